The van der Waals surface area contributed by atoms with Crippen LogP contribution < -0.4 is 5.32 Å². The van der Waals surface area contributed by atoms with E-state index in [0.29, 0.717) is 30.1 Å². The van der Waals surface area contributed by atoms with Gasteiger partial charge in [0.15, 0.2) is 11.8 Å². The summed E-state index contributed by atoms with van der Waals surface area (Å²) in [6.45, 7) is 6.62. The van der Waals surface area contributed by atoms with Crippen molar-refractivity contribution < 1.29 is 4.52 Å². The Labute approximate surface area is 143 Å². The summed E-state index contributed by atoms with van der Waals surface area (Å²) in [6, 6.07) is 10.8. The number of hydrogen-bond donors (Lipinski definition) is 1. The Morgan fingerprint density at radius 2 is 2.17 bits per heavy atom. The molecule has 1 aromatic heterocycles. The molecule has 2 atom stereocenters. The Bertz CT molecular complexity index is 682. The summed E-state index contributed by atoms with van der Waals surface area (Å²) in [7, 11) is 1.81. The summed E-state index contributed by atoms with van der Waals surface area (Å²) in [5, 5.41) is 7.13. The van der Waals surface area contributed by atoms with Crippen LogP contribution in [0.1, 0.15) is 36.5 Å². The van der Waals surface area contributed by atoms with E-state index >= 15 is 0 Å². The van der Waals surface area contributed by atoms with Gasteiger partial charge in [-0.3, -0.25) is 4.99 Å². The third-order valence-corrected chi connectivity index (χ3v) is 4.61. The van der Waals surface area contributed by atoms with Gasteiger partial charge in [0.1, 0.15) is 0 Å². The number of nitrogens with one attached hydrogen (secondary N) is 1. The van der Waals surface area contributed by atoms with E-state index in [1.54, 1.807) is 0 Å². The van der Waals surface area contributed by atoms with Crippen LogP contribution >= 0.6 is 0 Å². The molecule has 0 radical (unpaired) electrons. The van der Waals surface area contributed by atoms with Crippen LogP contribution in [0.2, 0.25) is 0 Å². The van der Waals surface area contributed by atoms with Crippen molar-refractivity contribution in [2.45, 2.75) is 32.7 Å². The molecule has 6 heteroatoms. The molecule has 0 amide bonds. The molecule has 6 nitrogen and oxygen atoms in total. The van der Waals surface area contributed by atoms with Crippen molar-refractivity contribution in [1.29, 1.82) is 0 Å². The fraction of sp³-hybridized carbons (Fsp3) is 0.500. The molecular formula is C18H25N5O. The molecule has 2 heterocycles. The highest BCUT2D eigenvalue weighted by atomic mass is 16.5. The average molecular weight is 327 g/mol. The Hall–Kier alpha value is -2.37. The molecule has 0 saturated carbocycles. The Kier molecular flexibility index (Phi) is 5.13. The molecule has 1 saturated heterocycles. The number of piperidine rings is 1. The highest BCUT2D eigenvalue weighted by Gasteiger charge is 2.28. The maximum Gasteiger partial charge on any atom is 0.246 e. The number of nitrogens with zero attached hydrogens (tertiary/aromatic N) is 4. The van der Waals surface area contributed by atoms with E-state index in [2.05, 4.69) is 62.6 Å². The highest BCUT2D eigenvalue weighted by molar-refractivity contribution is 5.79. The van der Waals surface area contributed by atoms with Gasteiger partial charge >= 0.3 is 0 Å². The van der Waals surface area contributed by atoms with Gasteiger partial charge in [-0.15, -0.1) is 0 Å². The molecule has 2 aromatic rings. The van der Waals surface area contributed by atoms with E-state index < -0.39 is 0 Å². The van der Waals surface area contributed by atoms with Crippen LogP contribution in [0.3, 0.4) is 0 Å². The molecule has 0 spiro atoms. The second-order valence-electron chi connectivity index (χ2n) is 6.37. The van der Waals surface area contributed by atoms with Crippen LogP contribution in [0.5, 0.6) is 0 Å². The highest BCUT2D eigenvalue weighted by Crippen LogP contribution is 2.32. The number of aryl methyl sites for hydroxylation is 1. The van der Waals surface area contributed by atoms with E-state index in [0.717, 1.165) is 25.5 Å². The van der Waals surface area contributed by atoms with Crippen molar-refractivity contribution in [3.63, 3.8) is 0 Å². The standard InChI is InChI=1S/C18H25N5O/c1-13-12-23(10-9-16(13)15-7-5-4-6-8-15)18(19-3)20-11-17-21-14(2)22-24-17/h4-8,13,16H,9-12H2,1-3H3,(H,19,20). The fourth-order valence-corrected chi connectivity index (χ4v) is 3.43. The molecular weight excluding hydrogens is 302 g/mol. The maximum atomic E-state index is 5.15. The molecule has 24 heavy (non-hydrogen) atoms. The number of hydrogen-bond acceptors (Lipinski definition) is 4. The summed E-state index contributed by atoms with van der Waals surface area (Å²) in [4.78, 5) is 10.9. The first-order chi connectivity index (χ1) is 11.7. The summed E-state index contributed by atoms with van der Waals surface area (Å²) < 4.78 is 5.15. The first kappa shape index (κ1) is 16.5. The van der Waals surface area contributed by atoms with Gasteiger partial charge in [-0.25, -0.2) is 0 Å². The number of aromatic nitrogens is 2. The first-order valence-electron chi connectivity index (χ1n) is 8.47. The molecule has 128 valence electrons. The molecule has 0 bridgehead atoms. The summed E-state index contributed by atoms with van der Waals surface area (Å²) in [6.07, 6.45) is 1.13. The number of aliphatic imine (C=N–C) groups is 1. The topological polar surface area (TPSA) is 66.5 Å². The largest absolute Gasteiger partial charge is 0.347 e. The van der Waals surface area contributed by atoms with Crippen molar-refractivity contribution in [2.75, 3.05) is 20.1 Å². The Morgan fingerprint density at radius 3 is 2.79 bits per heavy atom. The van der Waals surface area contributed by atoms with Gasteiger partial charge in [0.25, 0.3) is 0 Å². The van der Waals surface area contributed by atoms with Gasteiger partial charge in [0.2, 0.25) is 5.89 Å². The van der Waals surface area contributed by atoms with Crippen molar-refractivity contribution in [3.8, 4) is 0 Å². The molecule has 1 fully saturated rings. The lowest BCUT2D eigenvalue weighted by molar-refractivity contribution is 0.233. The smallest absolute Gasteiger partial charge is 0.246 e. The normalized spacial score (nSPS) is 21.8. The average Bonchev–Trinajstić information content (AvgIpc) is 3.02. The van der Waals surface area contributed by atoms with Crippen LogP contribution in [0, 0.1) is 12.8 Å². The van der Waals surface area contributed by atoms with E-state index in [1.807, 2.05) is 14.0 Å². The lowest BCUT2D eigenvalue weighted by atomic mass is 9.82. The zero-order chi connectivity index (χ0) is 16.9. The van der Waals surface area contributed by atoms with E-state index in [1.165, 1.54) is 5.56 Å². The molecule has 1 aliphatic rings. The van der Waals surface area contributed by atoms with Crippen molar-refractivity contribution in [3.05, 3.63) is 47.6 Å². The van der Waals surface area contributed by atoms with Crippen LogP contribution in [-0.4, -0.2) is 41.1 Å². The van der Waals surface area contributed by atoms with Crippen molar-refractivity contribution >= 4 is 5.96 Å². The summed E-state index contributed by atoms with van der Waals surface area (Å²) in [5.41, 5.74) is 1.44. The van der Waals surface area contributed by atoms with Gasteiger partial charge in [-0.2, -0.15) is 4.98 Å². The third-order valence-electron chi connectivity index (χ3n) is 4.61. The third kappa shape index (κ3) is 3.75. The predicted molar refractivity (Wildman–Crippen MR) is 93.8 cm³/mol. The van der Waals surface area contributed by atoms with E-state index in [-0.39, 0.29) is 0 Å². The minimum absolute atomic E-state index is 0.501. The molecule has 1 aromatic carbocycles. The van der Waals surface area contributed by atoms with E-state index in [9.17, 15) is 0 Å². The van der Waals surface area contributed by atoms with Crippen LogP contribution in [0.4, 0.5) is 0 Å². The minimum Gasteiger partial charge on any atom is -0.347 e. The number of benzene rings is 1. The first-order valence-corrected chi connectivity index (χ1v) is 8.47. The van der Waals surface area contributed by atoms with Crippen LogP contribution in [0.25, 0.3) is 0 Å². The molecule has 0 aliphatic carbocycles. The van der Waals surface area contributed by atoms with Gasteiger partial charge in [-0.1, -0.05) is 42.4 Å². The van der Waals surface area contributed by atoms with Gasteiger partial charge in [-0.05, 0) is 30.7 Å². The second kappa shape index (κ2) is 7.47. The molecule has 2 unspecified atom stereocenters. The number of guanidine groups is 1. The molecule has 3 rings (SSSR count). The van der Waals surface area contributed by atoms with Gasteiger partial charge in [0.05, 0.1) is 6.54 Å². The molecule has 1 aliphatic heterocycles. The van der Waals surface area contributed by atoms with E-state index in [4.69, 9.17) is 4.52 Å². The SMILES string of the molecule is CN=C(NCc1nc(C)no1)N1CCC(c2ccccc2)C(C)C1. The maximum absolute atomic E-state index is 5.15. The summed E-state index contributed by atoms with van der Waals surface area (Å²) >= 11 is 0. The monoisotopic (exact) mass is 327 g/mol. The van der Waals surface area contributed by atoms with Crippen LogP contribution in [0.15, 0.2) is 39.8 Å². The van der Waals surface area contributed by atoms with Gasteiger partial charge < -0.3 is 14.7 Å². The number of likely N-dealkylation sites (tertiary alicyclic amines) is 1. The fourth-order valence-electron chi connectivity index (χ4n) is 3.43. The van der Waals surface area contributed by atoms with Crippen molar-refractivity contribution in [1.82, 2.24) is 20.4 Å². The zero-order valence-corrected chi connectivity index (χ0v) is 14.6. The number of rotatable bonds is 3. The lowest BCUT2D eigenvalue weighted by Crippen LogP contribution is -2.47. The lowest BCUT2D eigenvalue weighted by Gasteiger charge is -2.38. The van der Waals surface area contributed by atoms with Crippen LogP contribution in [-0.2, 0) is 6.54 Å². The Morgan fingerprint density at radius 1 is 1.38 bits per heavy atom. The zero-order valence-electron chi connectivity index (χ0n) is 14.6. The Balaban J connectivity index is 1.59. The molecule has 1 N–H and O–H groups in total. The van der Waals surface area contributed by atoms with Crippen molar-refractivity contribution in [2.24, 2.45) is 10.9 Å². The second-order valence-corrected chi connectivity index (χ2v) is 6.37. The quantitative estimate of drug-likeness (QED) is 0.693. The van der Waals surface area contributed by atoms with Gasteiger partial charge in [0, 0.05) is 20.1 Å². The predicted octanol–water partition coefficient (Wildman–Crippen LogP) is 2.58. The summed E-state index contributed by atoms with van der Waals surface area (Å²) in [5.74, 6) is 3.31. The minimum atomic E-state index is 0.501.